The number of thioether (sulfide) groups is 1. The van der Waals surface area contributed by atoms with Crippen LogP contribution in [0.5, 0.6) is 0 Å². The van der Waals surface area contributed by atoms with Gasteiger partial charge in [0.1, 0.15) is 0 Å². The lowest BCUT2D eigenvalue weighted by atomic mass is 10.1. The minimum Gasteiger partial charge on any atom is -0.452 e. The maximum atomic E-state index is 12.1. The molecule has 1 heterocycles. The Morgan fingerprint density at radius 2 is 1.83 bits per heavy atom. The van der Waals surface area contributed by atoms with Crippen LogP contribution in [0.15, 0.2) is 0 Å². The van der Waals surface area contributed by atoms with Gasteiger partial charge in [-0.3, -0.25) is 9.59 Å². The number of carbonyl (C=O) groups is 2. The van der Waals surface area contributed by atoms with Crippen LogP contribution >= 0.6 is 11.8 Å². The molecule has 2 fully saturated rings. The van der Waals surface area contributed by atoms with Crippen LogP contribution in [0.2, 0.25) is 0 Å². The molecule has 1 saturated carbocycles. The first-order valence-corrected chi connectivity index (χ1v) is 11.5. The smallest absolute Gasteiger partial charge is 0.316 e. The summed E-state index contributed by atoms with van der Waals surface area (Å²) in [6, 6.07) is 0.180. The van der Waals surface area contributed by atoms with Gasteiger partial charge in [0.05, 0.1) is 17.3 Å². The van der Waals surface area contributed by atoms with Crippen LogP contribution in [-0.2, 0) is 24.2 Å². The molecule has 1 amide bonds. The summed E-state index contributed by atoms with van der Waals surface area (Å²) in [7, 11) is -2.94. The number of amides is 1. The molecule has 6 nitrogen and oxygen atoms in total. The number of hydrogen-bond donors (Lipinski definition) is 1. The van der Waals surface area contributed by atoms with Crippen molar-refractivity contribution in [1.29, 1.82) is 0 Å². The number of carbonyl (C=O) groups excluding carboxylic acids is 2. The van der Waals surface area contributed by atoms with Gasteiger partial charge in [-0.05, 0) is 26.2 Å². The number of ether oxygens (including phenoxy) is 1. The van der Waals surface area contributed by atoms with E-state index in [1.54, 1.807) is 6.92 Å². The molecule has 0 aromatic carbocycles. The fraction of sp³-hybridized carbons (Fsp3) is 0.875. The molecule has 0 aromatic heterocycles. The lowest BCUT2D eigenvalue weighted by molar-refractivity contribution is -0.152. The van der Waals surface area contributed by atoms with Crippen molar-refractivity contribution in [2.24, 2.45) is 0 Å². The minimum atomic E-state index is -2.94. The van der Waals surface area contributed by atoms with Crippen molar-refractivity contribution in [3.05, 3.63) is 0 Å². The Morgan fingerprint density at radius 1 is 1.17 bits per heavy atom. The van der Waals surface area contributed by atoms with Crippen LogP contribution in [0.25, 0.3) is 0 Å². The molecule has 138 valence electrons. The third kappa shape index (κ3) is 6.63. The van der Waals surface area contributed by atoms with Crippen LogP contribution in [0.4, 0.5) is 0 Å². The molecule has 2 aliphatic rings. The van der Waals surface area contributed by atoms with Gasteiger partial charge in [0.2, 0.25) is 0 Å². The Bertz CT molecular complexity index is 541. The molecule has 0 spiro atoms. The largest absolute Gasteiger partial charge is 0.452 e. The SMILES string of the molecule is C[C@H](OC(=O)CS[C@@H]1CCS(=O)(=O)C1)C(=O)NC1CCCCCC1. The van der Waals surface area contributed by atoms with Crippen LogP contribution in [0.1, 0.15) is 51.9 Å². The minimum absolute atomic E-state index is 0.0438. The first kappa shape index (κ1) is 19.6. The van der Waals surface area contributed by atoms with Crippen molar-refractivity contribution in [2.75, 3.05) is 17.3 Å². The summed E-state index contributed by atoms with van der Waals surface area (Å²) in [5.41, 5.74) is 0. The standard InChI is InChI=1S/C16H27NO5S2/c1-12(16(19)17-13-6-4-2-3-5-7-13)22-15(18)10-23-14-8-9-24(20,21)11-14/h12-14H,2-11H2,1H3,(H,17,19)/t12-,14+/m0/s1. The molecule has 1 aliphatic carbocycles. The van der Waals surface area contributed by atoms with Gasteiger partial charge in [0.15, 0.2) is 15.9 Å². The number of sulfone groups is 1. The topological polar surface area (TPSA) is 89.5 Å². The molecule has 24 heavy (non-hydrogen) atoms. The second kappa shape index (κ2) is 9.08. The van der Waals surface area contributed by atoms with Crippen molar-refractivity contribution in [3.8, 4) is 0 Å². The molecular formula is C16H27NO5S2. The zero-order valence-electron chi connectivity index (χ0n) is 14.2. The van der Waals surface area contributed by atoms with E-state index >= 15 is 0 Å². The van der Waals surface area contributed by atoms with E-state index in [4.69, 9.17) is 4.74 Å². The van der Waals surface area contributed by atoms with Crippen LogP contribution in [-0.4, -0.2) is 54.9 Å². The van der Waals surface area contributed by atoms with Crippen molar-refractivity contribution in [3.63, 3.8) is 0 Å². The van der Waals surface area contributed by atoms with E-state index in [-0.39, 0.29) is 34.5 Å². The zero-order chi connectivity index (χ0) is 17.6. The van der Waals surface area contributed by atoms with Gasteiger partial charge in [-0.2, -0.15) is 0 Å². The van der Waals surface area contributed by atoms with Crippen LogP contribution in [0.3, 0.4) is 0 Å². The summed E-state index contributed by atoms with van der Waals surface area (Å²) in [6.45, 7) is 1.58. The molecule has 0 aromatic rings. The third-order valence-corrected chi connectivity index (χ3v) is 7.76. The quantitative estimate of drug-likeness (QED) is 0.559. The van der Waals surface area contributed by atoms with Crippen LogP contribution in [0, 0.1) is 0 Å². The van der Waals surface area contributed by atoms with Crippen molar-refractivity contribution in [2.45, 2.75) is 69.3 Å². The summed E-state index contributed by atoms with van der Waals surface area (Å²) in [4.78, 5) is 24.0. The Labute approximate surface area is 148 Å². The predicted octanol–water partition coefficient (Wildman–Crippen LogP) is 1.68. The highest BCUT2D eigenvalue weighted by molar-refractivity contribution is 8.02. The monoisotopic (exact) mass is 377 g/mol. The fourth-order valence-electron chi connectivity index (χ4n) is 3.11. The Morgan fingerprint density at radius 3 is 2.42 bits per heavy atom. The van der Waals surface area contributed by atoms with E-state index in [1.165, 1.54) is 24.6 Å². The molecule has 0 unspecified atom stereocenters. The Kier molecular flexibility index (Phi) is 7.40. The summed E-state index contributed by atoms with van der Waals surface area (Å²) in [5.74, 6) is -0.305. The Balaban J connectivity index is 1.67. The predicted molar refractivity (Wildman–Crippen MR) is 94.7 cm³/mol. The maximum absolute atomic E-state index is 12.1. The van der Waals surface area contributed by atoms with Gasteiger partial charge in [0.25, 0.3) is 5.91 Å². The molecule has 8 heteroatoms. The number of rotatable bonds is 6. The lowest BCUT2D eigenvalue weighted by Crippen LogP contribution is -2.42. The molecule has 2 atom stereocenters. The van der Waals surface area contributed by atoms with Gasteiger partial charge in [0, 0.05) is 11.3 Å². The molecular weight excluding hydrogens is 350 g/mol. The molecule has 0 radical (unpaired) electrons. The van der Waals surface area contributed by atoms with Gasteiger partial charge in [-0.15, -0.1) is 11.8 Å². The van der Waals surface area contributed by atoms with Crippen LogP contribution < -0.4 is 5.32 Å². The first-order chi connectivity index (χ1) is 11.4. The van der Waals surface area contributed by atoms with Crippen molar-refractivity contribution >= 4 is 33.5 Å². The number of esters is 1. The second-order valence-corrected chi connectivity index (χ2v) is 10.2. The van der Waals surface area contributed by atoms with Gasteiger partial charge >= 0.3 is 5.97 Å². The van der Waals surface area contributed by atoms with Gasteiger partial charge < -0.3 is 10.1 Å². The summed E-state index contributed by atoms with van der Waals surface area (Å²) >= 11 is 1.30. The summed E-state index contributed by atoms with van der Waals surface area (Å²) < 4.78 is 27.9. The molecule has 2 rings (SSSR count). The molecule has 1 N–H and O–H groups in total. The number of nitrogens with one attached hydrogen (secondary N) is 1. The van der Waals surface area contributed by atoms with E-state index in [1.807, 2.05) is 0 Å². The molecule has 1 saturated heterocycles. The van der Waals surface area contributed by atoms with E-state index in [2.05, 4.69) is 5.32 Å². The maximum Gasteiger partial charge on any atom is 0.316 e. The van der Waals surface area contributed by atoms with E-state index in [0.29, 0.717) is 6.42 Å². The highest BCUT2D eigenvalue weighted by atomic mass is 32.2. The summed E-state index contributed by atoms with van der Waals surface area (Å²) in [5, 5.41) is 2.93. The highest BCUT2D eigenvalue weighted by Crippen LogP contribution is 2.24. The van der Waals surface area contributed by atoms with Gasteiger partial charge in [-0.25, -0.2) is 8.42 Å². The zero-order valence-corrected chi connectivity index (χ0v) is 15.8. The normalized spacial score (nSPS) is 25.6. The average molecular weight is 378 g/mol. The van der Waals surface area contributed by atoms with Crippen molar-refractivity contribution in [1.82, 2.24) is 5.32 Å². The number of hydrogen-bond acceptors (Lipinski definition) is 6. The van der Waals surface area contributed by atoms with E-state index < -0.39 is 21.9 Å². The lowest BCUT2D eigenvalue weighted by Gasteiger charge is -2.19. The average Bonchev–Trinajstić information content (AvgIpc) is 2.71. The van der Waals surface area contributed by atoms with Crippen molar-refractivity contribution < 1.29 is 22.7 Å². The van der Waals surface area contributed by atoms with E-state index in [0.717, 1.165) is 25.7 Å². The van der Waals surface area contributed by atoms with E-state index in [9.17, 15) is 18.0 Å². The highest BCUT2D eigenvalue weighted by Gasteiger charge is 2.29. The molecule has 0 bridgehead atoms. The Hall–Kier alpha value is -0.760. The fourth-order valence-corrected chi connectivity index (χ4v) is 6.53. The second-order valence-electron chi connectivity index (χ2n) is 6.67. The summed E-state index contributed by atoms with van der Waals surface area (Å²) in [6.07, 6.45) is 6.42. The first-order valence-electron chi connectivity index (χ1n) is 8.67. The third-order valence-electron chi connectivity index (χ3n) is 4.51. The molecule has 1 aliphatic heterocycles. The van der Waals surface area contributed by atoms with Gasteiger partial charge in [-0.1, -0.05) is 25.7 Å².